The molecule has 0 spiro atoms. The molecule has 0 aromatic heterocycles. The largest absolute Gasteiger partial charge is 0.379 e. The van der Waals surface area contributed by atoms with E-state index in [1.807, 2.05) is 0 Å². The van der Waals surface area contributed by atoms with Gasteiger partial charge >= 0.3 is 0 Å². The smallest absolute Gasteiger partial charge is 0.194 e. The van der Waals surface area contributed by atoms with E-state index in [1.54, 1.807) is 0 Å². The lowest BCUT2D eigenvalue weighted by atomic mass is 10.1. The molecule has 0 bridgehead atoms. The minimum Gasteiger partial charge on any atom is -0.379 e. The fourth-order valence-electron chi connectivity index (χ4n) is 4.53. The Balaban J connectivity index is 1.40. The van der Waals surface area contributed by atoms with Crippen LogP contribution in [0.3, 0.4) is 0 Å². The number of aliphatic imine (C=N–C) groups is 1. The average molecular weight is 381 g/mol. The quantitative estimate of drug-likeness (QED) is 0.318. The van der Waals surface area contributed by atoms with Crippen LogP contribution in [0.4, 0.5) is 0 Å². The Labute approximate surface area is 165 Å². The lowest BCUT2D eigenvalue weighted by Gasteiger charge is -2.29. The van der Waals surface area contributed by atoms with Crippen molar-refractivity contribution in [3.05, 3.63) is 0 Å². The summed E-state index contributed by atoms with van der Waals surface area (Å²) in [5, 5.41) is 3.48. The molecule has 1 saturated carbocycles. The van der Waals surface area contributed by atoms with Crippen molar-refractivity contribution in [1.82, 2.24) is 15.1 Å². The van der Waals surface area contributed by atoms with Crippen molar-refractivity contribution in [2.45, 2.75) is 58.0 Å². The normalized spacial score (nSPS) is 26.3. The molecule has 0 aromatic carbocycles. The number of rotatable bonds is 7. The third-order valence-corrected chi connectivity index (χ3v) is 6.05. The van der Waals surface area contributed by atoms with Crippen LogP contribution in [0.15, 0.2) is 4.99 Å². The standard InChI is InChI=1S/C21H40N4O2/c1-2-22-21(23-10-14-27-20-7-5-3-4-6-8-20)25-11-9-19(18-25)17-24-12-15-26-16-13-24/h19-20H,2-18H2,1H3,(H,22,23). The third kappa shape index (κ3) is 7.24. The molecular weight excluding hydrogens is 340 g/mol. The van der Waals surface area contributed by atoms with Crippen molar-refractivity contribution < 1.29 is 9.47 Å². The van der Waals surface area contributed by atoms with E-state index in [1.165, 1.54) is 51.5 Å². The van der Waals surface area contributed by atoms with Crippen LogP contribution in [0, 0.1) is 5.92 Å². The second kappa shape index (κ2) is 11.9. The van der Waals surface area contributed by atoms with E-state index in [-0.39, 0.29) is 0 Å². The van der Waals surface area contributed by atoms with Crippen LogP contribution < -0.4 is 5.32 Å². The summed E-state index contributed by atoms with van der Waals surface area (Å²) in [7, 11) is 0. The third-order valence-electron chi connectivity index (χ3n) is 6.05. The molecule has 6 heteroatoms. The Morgan fingerprint density at radius 2 is 1.85 bits per heavy atom. The van der Waals surface area contributed by atoms with Gasteiger partial charge in [0, 0.05) is 39.3 Å². The first kappa shape index (κ1) is 20.9. The monoisotopic (exact) mass is 380 g/mol. The molecule has 156 valence electrons. The molecule has 2 heterocycles. The van der Waals surface area contributed by atoms with E-state index in [4.69, 9.17) is 14.5 Å². The summed E-state index contributed by atoms with van der Waals surface area (Å²) >= 11 is 0. The molecule has 27 heavy (non-hydrogen) atoms. The topological polar surface area (TPSA) is 49.3 Å². The van der Waals surface area contributed by atoms with Gasteiger partial charge in [-0.2, -0.15) is 0 Å². The van der Waals surface area contributed by atoms with Crippen molar-refractivity contribution in [3.63, 3.8) is 0 Å². The van der Waals surface area contributed by atoms with Crippen LogP contribution in [-0.2, 0) is 9.47 Å². The number of hydrogen-bond acceptors (Lipinski definition) is 4. The van der Waals surface area contributed by atoms with Crippen molar-refractivity contribution in [2.24, 2.45) is 10.9 Å². The number of nitrogens with one attached hydrogen (secondary N) is 1. The van der Waals surface area contributed by atoms with Crippen LogP contribution in [0.5, 0.6) is 0 Å². The zero-order valence-electron chi connectivity index (χ0n) is 17.3. The van der Waals surface area contributed by atoms with Gasteiger partial charge in [-0.15, -0.1) is 0 Å². The van der Waals surface area contributed by atoms with Gasteiger partial charge in [0.1, 0.15) is 0 Å². The highest BCUT2D eigenvalue weighted by Crippen LogP contribution is 2.20. The van der Waals surface area contributed by atoms with Gasteiger partial charge < -0.3 is 19.7 Å². The van der Waals surface area contributed by atoms with Gasteiger partial charge in [-0.05, 0) is 32.1 Å². The molecule has 3 aliphatic rings. The molecule has 1 aliphatic carbocycles. The molecule has 0 radical (unpaired) electrons. The van der Waals surface area contributed by atoms with E-state index in [0.29, 0.717) is 6.10 Å². The number of likely N-dealkylation sites (tertiary alicyclic amines) is 1. The minimum absolute atomic E-state index is 0.468. The Morgan fingerprint density at radius 3 is 2.59 bits per heavy atom. The SMILES string of the molecule is CCNC(=NCCOC1CCCCCC1)N1CCC(CN2CCOCC2)C1. The maximum atomic E-state index is 6.10. The van der Waals surface area contributed by atoms with Crippen LogP contribution in [0.2, 0.25) is 0 Å². The number of ether oxygens (including phenoxy) is 2. The Kier molecular flexibility index (Phi) is 9.18. The summed E-state index contributed by atoms with van der Waals surface area (Å²) in [5.74, 6) is 1.82. The molecular formula is C21H40N4O2. The summed E-state index contributed by atoms with van der Waals surface area (Å²) in [6.45, 7) is 12.0. The highest BCUT2D eigenvalue weighted by Gasteiger charge is 2.27. The molecule has 3 rings (SSSR count). The van der Waals surface area contributed by atoms with Crippen LogP contribution in [-0.4, -0.2) is 87.5 Å². The van der Waals surface area contributed by atoms with E-state index in [9.17, 15) is 0 Å². The fourth-order valence-corrected chi connectivity index (χ4v) is 4.53. The van der Waals surface area contributed by atoms with Gasteiger partial charge in [-0.3, -0.25) is 9.89 Å². The Hall–Kier alpha value is -0.850. The number of guanidine groups is 1. The predicted octanol–water partition coefficient (Wildman–Crippen LogP) is 2.35. The van der Waals surface area contributed by atoms with Crippen molar-refractivity contribution in [3.8, 4) is 0 Å². The molecule has 1 atom stereocenters. The molecule has 2 saturated heterocycles. The second-order valence-corrected chi connectivity index (χ2v) is 8.23. The summed E-state index contributed by atoms with van der Waals surface area (Å²) in [5.41, 5.74) is 0. The number of hydrogen-bond donors (Lipinski definition) is 1. The summed E-state index contributed by atoms with van der Waals surface area (Å²) in [6, 6.07) is 0. The van der Waals surface area contributed by atoms with Crippen molar-refractivity contribution in [1.29, 1.82) is 0 Å². The van der Waals surface area contributed by atoms with Crippen molar-refractivity contribution in [2.75, 3.05) is 65.6 Å². The first-order chi connectivity index (χ1) is 13.3. The van der Waals surface area contributed by atoms with E-state index < -0.39 is 0 Å². The first-order valence-electron chi connectivity index (χ1n) is 11.3. The summed E-state index contributed by atoms with van der Waals surface area (Å²) < 4.78 is 11.6. The van der Waals surface area contributed by atoms with Gasteiger partial charge in [0.25, 0.3) is 0 Å². The van der Waals surface area contributed by atoms with Gasteiger partial charge in [0.15, 0.2) is 5.96 Å². The van der Waals surface area contributed by atoms with Gasteiger partial charge in [0.05, 0.1) is 32.5 Å². The molecule has 1 N–H and O–H groups in total. The summed E-state index contributed by atoms with van der Waals surface area (Å²) in [6.07, 6.45) is 9.62. The predicted molar refractivity (Wildman–Crippen MR) is 110 cm³/mol. The molecule has 1 unspecified atom stereocenters. The Morgan fingerprint density at radius 1 is 1.07 bits per heavy atom. The average Bonchev–Trinajstić information content (AvgIpc) is 2.99. The van der Waals surface area contributed by atoms with Gasteiger partial charge in [-0.1, -0.05) is 25.7 Å². The second-order valence-electron chi connectivity index (χ2n) is 8.23. The summed E-state index contributed by atoms with van der Waals surface area (Å²) in [4.78, 5) is 9.86. The Bertz CT molecular complexity index is 432. The molecule has 3 fully saturated rings. The highest BCUT2D eigenvalue weighted by molar-refractivity contribution is 5.80. The highest BCUT2D eigenvalue weighted by atomic mass is 16.5. The molecule has 0 amide bonds. The van der Waals surface area contributed by atoms with Crippen molar-refractivity contribution >= 4 is 5.96 Å². The van der Waals surface area contributed by atoms with Gasteiger partial charge in [0.2, 0.25) is 0 Å². The zero-order chi connectivity index (χ0) is 18.7. The first-order valence-corrected chi connectivity index (χ1v) is 11.3. The maximum absolute atomic E-state index is 6.10. The lowest BCUT2D eigenvalue weighted by molar-refractivity contribution is 0.0315. The van der Waals surface area contributed by atoms with Gasteiger partial charge in [-0.25, -0.2) is 0 Å². The molecule has 0 aromatic rings. The number of morpholine rings is 1. The van der Waals surface area contributed by atoms with E-state index in [2.05, 4.69) is 22.0 Å². The van der Waals surface area contributed by atoms with E-state index >= 15 is 0 Å². The van der Waals surface area contributed by atoms with Crippen LogP contribution >= 0.6 is 0 Å². The maximum Gasteiger partial charge on any atom is 0.194 e. The molecule has 6 nitrogen and oxygen atoms in total. The zero-order valence-corrected chi connectivity index (χ0v) is 17.3. The lowest BCUT2D eigenvalue weighted by Crippen LogP contribution is -2.42. The minimum atomic E-state index is 0.468. The molecule has 2 aliphatic heterocycles. The van der Waals surface area contributed by atoms with Crippen LogP contribution in [0.1, 0.15) is 51.9 Å². The van der Waals surface area contributed by atoms with Crippen LogP contribution in [0.25, 0.3) is 0 Å². The van der Waals surface area contributed by atoms with E-state index in [0.717, 1.165) is 71.0 Å². The fraction of sp³-hybridized carbons (Fsp3) is 0.952. The number of nitrogens with zero attached hydrogens (tertiary/aromatic N) is 3.